The Morgan fingerprint density at radius 1 is 1.33 bits per heavy atom. The van der Waals surface area contributed by atoms with E-state index in [1.165, 1.54) is 28.9 Å². The van der Waals surface area contributed by atoms with Gasteiger partial charge >= 0.3 is 0 Å². The van der Waals surface area contributed by atoms with E-state index in [0.29, 0.717) is 10.5 Å². The van der Waals surface area contributed by atoms with Crippen LogP contribution in [-0.2, 0) is 0 Å². The van der Waals surface area contributed by atoms with Crippen molar-refractivity contribution >= 4 is 34.4 Å². The molecule has 1 aromatic carbocycles. The van der Waals surface area contributed by atoms with E-state index < -0.39 is 0 Å². The summed E-state index contributed by atoms with van der Waals surface area (Å²) in [4.78, 5) is 4.58. The molecule has 112 valence electrons. The Morgan fingerprint density at radius 2 is 2.14 bits per heavy atom. The van der Waals surface area contributed by atoms with Crippen molar-refractivity contribution in [1.82, 2.24) is 10.4 Å². The largest absolute Gasteiger partial charge is 0.271 e. The average Bonchev–Trinajstić information content (AvgIpc) is 2.56. The smallest absolute Gasteiger partial charge is 0.0702 e. The van der Waals surface area contributed by atoms with Crippen LogP contribution in [0.4, 0.5) is 0 Å². The van der Waals surface area contributed by atoms with Gasteiger partial charge < -0.3 is 0 Å². The van der Waals surface area contributed by atoms with Crippen molar-refractivity contribution in [3.05, 3.63) is 42.1 Å². The van der Waals surface area contributed by atoms with Crippen LogP contribution >= 0.6 is 23.5 Å². The summed E-state index contributed by atoms with van der Waals surface area (Å²) in [6.45, 7) is 2.27. The van der Waals surface area contributed by atoms with Gasteiger partial charge in [0.05, 0.1) is 11.6 Å². The zero-order chi connectivity index (χ0) is 14.7. The fraction of sp³-hybridized carbons (Fsp3) is 0.438. The highest BCUT2D eigenvalue weighted by Gasteiger charge is 2.32. The number of nitrogens with one attached hydrogen (secondary N) is 1. The topological polar surface area (TPSA) is 50.9 Å². The molecule has 1 saturated heterocycles. The quantitative estimate of drug-likeness (QED) is 0.668. The molecule has 0 spiro atoms. The van der Waals surface area contributed by atoms with Gasteiger partial charge in [-0.2, -0.15) is 23.5 Å². The summed E-state index contributed by atoms with van der Waals surface area (Å²) in [5.41, 5.74) is 5.27. The number of thioether (sulfide) groups is 2. The molecule has 1 aromatic heterocycles. The van der Waals surface area contributed by atoms with E-state index in [-0.39, 0.29) is 6.04 Å². The van der Waals surface area contributed by atoms with Crippen LogP contribution in [-0.4, -0.2) is 27.0 Å². The molecule has 1 aliphatic rings. The first-order valence-electron chi connectivity index (χ1n) is 7.37. The van der Waals surface area contributed by atoms with Crippen molar-refractivity contribution in [3.8, 4) is 0 Å². The van der Waals surface area contributed by atoms with E-state index in [2.05, 4.69) is 47.3 Å². The minimum atomic E-state index is 0.157. The molecule has 3 unspecified atom stereocenters. The Balaban J connectivity index is 1.93. The van der Waals surface area contributed by atoms with E-state index in [0.717, 1.165) is 5.52 Å². The molecule has 1 fully saturated rings. The molecular formula is C16H21N3S2. The van der Waals surface area contributed by atoms with Gasteiger partial charge in [-0.1, -0.05) is 25.1 Å². The third-order valence-electron chi connectivity index (χ3n) is 3.97. The van der Waals surface area contributed by atoms with E-state index in [9.17, 15) is 0 Å². The van der Waals surface area contributed by atoms with E-state index in [4.69, 9.17) is 5.84 Å². The lowest BCUT2D eigenvalue weighted by atomic mass is 10.0. The van der Waals surface area contributed by atoms with E-state index in [1.54, 1.807) is 0 Å². The monoisotopic (exact) mass is 319 g/mol. The van der Waals surface area contributed by atoms with Crippen LogP contribution in [0.25, 0.3) is 10.9 Å². The van der Waals surface area contributed by atoms with Crippen LogP contribution < -0.4 is 11.3 Å². The van der Waals surface area contributed by atoms with Gasteiger partial charge in [-0.25, -0.2) is 0 Å². The maximum atomic E-state index is 5.90. The summed E-state index contributed by atoms with van der Waals surface area (Å²) in [6, 6.07) is 10.6. The molecule has 2 aromatic rings. The van der Waals surface area contributed by atoms with Crippen molar-refractivity contribution in [1.29, 1.82) is 0 Å². The first-order chi connectivity index (χ1) is 10.3. The second-order valence-corrected chi connectivity index (χ2v) is 7.89. The summed E-state index contributed by atoms with van der Waals surface area (Å²) >= 11 is 4.11. The van der Waals surface area contributed by atoms with Crippen LogP contribution in [0.15, 0.2) is 36.5 Å². The number of hydrazine groups is 1. The molecule has 2 heterocycles. The molecule has 5 heteroatoms. The van der Waals surface area contributed by atoms with E-state index in [1.807, 2.05) is 30.1 Å². The fourth-order valence-electron chi connectivity index (χ4n) is 2.89. The molecule has 0 saturated carbocycles. The highest BCUT2D eigenvalue weighted by molar-refractivity contribution is 8.07. The van der Waals surface area contributed by atoms with Crippen LogP contribution in [0, 0.1) is 0 Å². The number of pyridine rings is 1. The molecule has 0 radical (unpaired) electrons. The number of hydrogen-bond donors (Lipinski definition) is 2. The molecule has 3 rings (SSSR count). The van der Waals surface area contributed by atoms with Gasteiger partial charge in [0.1, 0.15) is 0 Å². The second-order valence-electron chi connectivity index (χ2n) is 5.26. The maximum absolute atomic E-state index is 5.90. The Hall–Kier alpha value is -0.750. The Labute approximate surface area is 134 Å². The van der Waals surface area contributed by atoms with Gasteiger partial charge in [-0.05, 0) is 24.1 Å². The van der Waals surface area contributed by atoms with Gasteiger partial charge in [0.25, 0.3) is 0 Å². The lowest BCUT2D eigenvalue weighted by Crippen LogP contribution is -2.41. The number of benzene rings is 1. The van der Waals surface area contributed by atoms with Gasteiger partial charge in [0, 0.05) is 33.6 Å². The average molecular weight is 319 g/mol. The Morgan fingerprint density at radius 3 is 2.95 bits per heavy atom. The second kappa shape index (κ2) is 7.01. The minimum Gasteiger partial charge on any atom is -0.271 e. The standard InChI is InChI=1S/C16H21N3S2/c1-2-14-16(21-8-7-20-14)15(19-17)12-9-11-5-3-4-6-13(11)18-10-12/h3-6,9-10,14-16,19H,2,7-8,17H2,1H3. The first-order valence-corrected chi connectivity index (χ1v) is 9.47. The summed E-state index contributed by atoms with van der Waals surface area (Å²) in [5, 5.41) is 2.33. The van der Waals surface area contributed by atoms with Gasteiger partial charge in [-0.3, -0.25) is 16.3 Å². The zero-order valence-corrected chi connectivity index (χ0v) is 13.8. The summed E-state index contributed by atoms with van der Waals surface area (Å²) in [6.07, 6.45) is 3.15. The van der Waals surface area contributed by atoms with Crippen LogP contribution in [0.3, 0.4) is 0 Å². The number of aromatic nitrogens is 1. The highest BCUT2D eigenvalue weighted by Crippen LogP contribution is 2.40. The van der Waals surface area contributed by atoms with Crippen molar-refractivity contribution < 1.29 is 0 Å². The Bertz CT molecular complexity index is 605. The van der Waals surface area contributed by atoms with Crippen LogP contribution in [0.1, 0.15) is 24.9 Å². The number of fused-ring (bicyclic) bond motifs is 1. The molecule has 1 aliphatic heterocycles. The summed E-state index contributed by atoms with van der Waals surface area (Å²) in [5.74, 6) is 8.34. The SMILES string of the molecule is CCC1SCCSC1C(NN)c1cnc2ccccc2c1. The molecule has 0 aliphatic carbocycles. The highest BCUT2D eigenvalue weighted by atomic mass is 32.2. The fourth-order valence-corrected chi connectivity index (χ4v) is 6.12. The van der Waals surface area contributed by atoms with E-state index >= 15 is 0 Å². The predicted molar refractivity (Wildman–Crippen MR) is 94.6 cm³/mol. The normalized spacial score (nSPS) is 24.1. The summed E-state index contributed by atoms with van der Waals surface area (Å²) in [7, 11) is 0. The lowest BCUT2D eigenvalue weighted by Gasteiger charge is -2.35. The van der Waals surface area contributed by atoms with Crippen molar-refractivity contribution in [3.63, 3.8) is 0 Å². The number of hydrogen-bond acceptors (Lipinski definition) is 5. The molecule has 0 bridgehead atoms. The zero-order valence-electron chi connectivity index (χ0n) is 12.2. The first kappa shape index (κ1) is 15.2. The molecule has 3 atom stereocenters. The van der Waals surface area contributed by atoms with Crippen molar-refractivity contribution in [2.24, 2.45) is 5.84 Å². The molecular weight excluding hydrogens is 298 g/mol. The molecule has 21 heavy (non-hydrogen) atoms. The number of nitrogens with two attached hydrogens (primary N) is 1. The Kier molecular flexibility index (Phi) is 5.06. The van der Waals surface area contributed by atoms with Crippen molar-refractivity contribution in [2.75, 3.05) is 11.5 Å². The number of rotatable bonds is 4. The lowest BCUT2D eigenvalue weighted by molar-refractivity contribution is 0.513. The maximum Gasteiger partial charge on any atom is 0.0702 e. The number of nitrogens with zero attached hydrogens (tertiary/aromatic N) is 1. The third-order valence-corrected chi connectivity index (χ3v) is 7.32. The molecule has 0 amide bonds. The minimum absolute atomic E-state index is 0.157. The summed E-state index contributed by atoms with van der Waals surface area (Å²) < 4.78 is 0. The molecule has 3 N–H and O–H groups in total. The van der Waals surface area contributed by atoms with Crippen LogP contribution in [0.5, 0.6) is 0 Å². The molecule has 3 nitrogen and oxygen atoms in total. The van der Waals surface area contributed by atoms with Gasteiger partial charge in [-0.15, -0.1) is 0 Å². The van der Waals surface area contributed by atoms with Gasteiger partial charge in [0.2, 0.25) is 0 Å². The van der Waals surface area contributed by atoms with Crippen LogP contribution in [0.2, 0.25) is 0 Å². The third kappa shape index (κ3) is 3.21. The number of para-hydroxylation sites is 1. The van der Waals surface area contributed by atoms with Crippen molar-refractivity contribution in [2.45, 2.75) is 29.9 Å². The predicted octanol–water partition coefficient (Wildman–Crippen LogP) is 3.37. The van der Waals surface area contributed by atoms with Gasteiger partial charge in [0.15, 0.2) is 0 Å².